The molecule has 0 heterocycles. The number of halogens is 3. The Bertz CT molecular complexity index is 607. The topological polar surface area (TPSA) is 64.6 Å². The van der Waals surface area contributed by atoms with Gasteiger partial charge in [-0.25, -0.2) is 9.59 Å². The molecule has 8 heteroatoms. The predicted octanol–water partition coefficient (Wildman–Crippen LogP) is 4.72. The first-order valence-corrected chi connectivity index (χ1v) is 8.56. The second-order valence-corrected chi connectivity index (χ2v) is 8.63. The van der Waals surface area contributed by atoms with E-state index in [1.165, 1.54) is 6.08 Å². The lowest BCUT2D eigenvalue weighted by Crippen LogP contribution is -2.34. The smallest absolute Gasteiger partial charge is 0.408 e. The van der Waals surface area contributed by atoms with Crippen molar-refractivity contribution in [1.82, 2.24) is 5.32 Å². The molecular formula is C17H20Cl3NO4. The number of nitrogens with one attached hydrogen (secondary N) is 1. The lowest BCUT2D eigenvalue weighted by Gasteiger charge is -2.22. The number of rotatable bonds is 5. The van der Waals surface area contributed by atoms with Crippen molar-refractivity contribution in [2.24, 2.45) is 0 Å². The predicted molar refractivity (Wildman–Crippen MR) is 98.9 cm³/mol. The average Bonchev–Trinajstić information content (AvgIpc) is 2.47. The number of alkyl carbamates (subject to hydrolysis) is 1. The minimum Gasteiger partial charge on any atom is -0.458 e. The highest BCUT2D eigenvalue weighted by molar-refractivity contribution is 6.67. The summed E-state index contributed by atoms with van der Waals surface area (Å²) in [6.45, 7) is 4.90. The molecule has 0 aliphatic rings. The molecule has 5 nitrogen and oxygen atoms in total. The molecule has 0 saturated carbocycles. The first kappa shape index (κ1) is 21.6. The van der Waals surface area contributed by atoms with Gasteiger partial charge < -0.3 is 14.8 Å². The van der Waals surface area contributed by atoms with Gasteiger partial charge in [0.25, 0.3) is 0 Å². The lowest BCUT2D eigenvalue weighted by atomic mass is 10.1. The van der Waals surface area contributed by atoms with Crippen molar-refractivity contribution >= 4 is 46.9 Å². The fraction of sp³-hybridized carbons (Fsp3) is 0.412. The average molecular weight is 409 g/mol. The fourth-order valence-electron chi connectivity index (χ4n) is 1.71. The van der Waals surface area contributed by atoms with Crippen molar-refractivity contribution in [3.05, 3.63) is 48.0 Å². The normalized spacial score (nSPS) is 13.4. The lowest BCUT2D eigenvalue weighted by molar-refractivity contribution is -0.137. The number of hydrogen-bond acceptors (Lipinski definition) is 4. The summed E-state index contributed by atoms with van der Waals surface area (Å²) in [4.78, 5) is 23.7. The van der Waals surface area contributed by atoms with E-state index in [1.54, 1.807) is 32.9 Å². The molecule has 1 N–H and O–H groups in total. The minimum atomic E-state index is -1.68. The van der Waals surface area contributed by atoms with E-state index < -0.39 is 27.5 Å². The molecular weight excluding hydrogens is 389 g/mol. The standard InChI is InChI=1S/C17H20Cl3NO4/c1-16(2,3)25-15(23)21-13(12-7-5-4-6-8-12)9-10-14(22)24-11-17(18,19)20/h4-10,13H,11H2,1-3H3,(H,21,23)/b10-9+. The van der Waals surface area contributed by atoms with Crippen molar-refractivity contribution in [2.75, 3.05) is 6.61 Å². The second-order valence-electron chi connectivity index (χ2n) is 6.12. The second kappa shape index (κ2) is 9.32. The van der Waals surface area contributed by atoms with Crippen LogP contribution >= 0.6 is 34.8 Å². The molecule has 0 spiro atoms. The number of benzene rings is 1. The van der Waals surface area contributed by atoms with Crippen LogP contribution in [-0.2, 0) is 14.3 Å². The third-order valence-electron chi connectivity index (χ3n) is 2.63. The summed E-state index contributed by atoms with van der Waals surface area (Å²) in [6.07, 6.45) is 2.02. The third-order valence-corrected chi connectivity index (χ3v) is 2.96. The van der Waals surface area contributed by atoms with Gasteiger partial charge in [0.05, 0.1) is 6.04 Å². The van der Waals surface area contributed by atoms with Gasteiger partial charge in [-0.3, -0.25) is 0 Å². The van der Waals surface area contributed by atoms with Gasteiger partial charge in [0.15, 0.2) is 0 Å². The molecule has 0 bridgehead atoms. The minimum absolute atomic E-state index is 0.379. The van der Waals surface area contributed by atoms with E-state index in [1.807, 2.05) is 18.2 Å². The van der Waals surface area contributed by atoms with Gasteiger partial charge in [-0.05, 0) is 26.3 Å². The quantitative estimate of drug-likeness (QED) is 0.435. The first-order valence-electron chi connectivity index (χ1n) is 7.42. The Hall–Kier alpha value is -1.43. The Balaban J connectivity index is 2.80. The van der Waals surface area contributed by atoms with Gasteiger partial charge in [0, 0.05) is 6.08 Å². The number of esters is 1. The molecule has 0 aliphatic heterocycles. The van der Waals surface area contributed by atoms with Gasteiger partial charge in [0.2, 0.25) is 3.79 Å². The molecule has 0 radical (unpaired) electrons. The zero-order chi connectivity index (χ0) is 19.1. The maximum atomic E-state index is 12.0. The molecule has 1 aromatic carbocycles. The van der Waals surface area contributed by atoms with Crippen LogP contribution in [0.25, 0.3) is 0 Å². The van der Waals surface area contributed by atoms with Crippen LogP contribution in [0.4, 0.5) is 4.79 Å². The SMILES string of the molecule is CC(C)(C)OC(=O)NC(/C=C/C(=O)OCC(Cl)(Cl)Cl)c1ccccc1. The van der Waals surface area contributed by atoms with E-state index >= 15 is 0 Å². The van der Waals surface area contributed by atoms with Crippen LogP contribution in [0.3, 0.4) is 0 Å². The number of alkyl halides is 3. The van der Waals surface area contributed by atoms with Crippen LogP contribution in [0.2, 0.25) is 0 Å². The van der Waals surface area contributed by atoms with E-state index in [4.69, 9.17) is 44.3 Å². The molecule has 1 aromatic rings. The van der Waals surface area contributed by atoms with Crippen molar-refractivity contribution in [3.63, 3.8) is 0 Å². The van der Waals surface area contributed by atoms with Crippen LogP contribution in [0.15, 0.2) is 42.5 Å². The molecule has 0 saturated heterocycles. The Morgan fingerprint density at radius 2 is 1.76 bits per heavy atom. The third kappa shape index (κ3) is 10.2. The highest BCUT2D eigenvalue weighted by Gasteiger charge is 2.22. The number of carbonyl (C=O) groups is 2. The molecule has 1 atom stereocenters. The first-order chi connectivity index (χ1) is 11.5. The summed E-state index contributed by atoms with van der Waals surface area (Å²) >= 11 is 16.6. The van der Waals surface area contributed by atoms with Gasteiger partial charge >= 0.3 is 12.1 Å². The summed E-state index contributed by atoms with van der Waals surface area (Å²) in [6, 6.07) is 8.49. The summed E-state index contributed by atoms with van der Waals surface area (Å²) in [7, 11) is 0. The summed E-state index contributed by atoms with van der Waals surface area (Å²) in [5.41, 5.74) is 0.122. The van der Waals surface area contributed by atoms with Crippen molar-refractivity contribution in [3.8, 4) is 0 Å². The van der Waals surface area contributed by atoms with Crippen LogP contribution in [0.5, 0.6) is 0 Å². The number of carbonyl (C=O) groups excluding carboxylic acids is 2. The van der Waals surface area contributed by atoms with E-state index in [2.05, 4.69) is 5.32 Å². The largest absolute Gasteiger partial charge is 0.458 e. The van der Waals surface area contributed by atoms with Crippen molar-refractivity contribution in [2.45, 2.75) is 36.2 Å². The number of ether oxygens (including phenoxy) is 2. The zero-order valence-corrected chi connectivity index (χ0v) is 16.4. The summed E-state index contributed by atoms with van der Waals surface area (Å²) in [5.74, 6) is -0.696. The van der Waals surface area contributed by atoms with Crippen molar-refractivity contribution < 1.29 is 19.1 Å². The molecule has 0 aromatic heterocycles. The molecule has 0 aliphatic carbocycles. The molecule has 25 heavy (non-hydrogen) atoms. The zero-order valence-electron chi connectivity index (χ0n) is 14.1. The monoisotopic (exact) mass is 407 g/mol. The highest BCUT2D eigenvalue weighted by Crippen LogP contribution is 2.26. The van der Waals surface area contributed by atoms with Crippen LogP contribution in [0, 0.1) is 0 Å². The summed E-state index contributed by atoms with van der Waals surface area (Å²) < 4.78 is 8.37. The van der Waals surface area contributed by atoms with Crippen molar-refractivity contribution in [1.29, 1.82) is 0 Å². The molecule has 0 fully saturated rings. The number of hydrogen-bond donors (Lipinski definition) is 1. The highest BCUT2D eigenvalue weighted by atomic mass is 35.6. The maximum absolute atomic E-state index is 12.0. The Morgan fingerprint density at radius 3 is 2.28 bits per heavy atom. The van der Waals surface area contributed by atoms with Crippen LogP contribution < -0.4 is 5.32 Å². The Labute approximate surface area is 162 Å². The Morgan fingerprint density at radius 1 is 1.16 bits per heavy atom. The molecule has 138 valence electrons. The van der Waals surface area contributed by atoms with Gasteiger partial charge in [-0.2, -0.15) is 0 Å². The van der Waals surface area contributed by atoms with E-state index in [9.17, 15) is 9.59 Å². The maximum Gasteiger partial charge on any atom is 0.408 e. The van der Waals surface area contributed by atoms with Gasteiger partial charge in [0.1, 0.15) is 12.2 Å². The van der Waals surface area contributed by atoms with Gasteiger partial charge in [-0.1, -0.05) is 71.2 Å². The van der Waals surface area contributed by atoms with E-state index in [-0.39, 0.29) is 6.61 Å². The molecule has 1 unspecified atom stereocenters. The van der Waals surface area contributed by atoms with E-state index in [0.717, 1.165) is 11.6 Å². The molecule has 1 amide bonds. The fourth-order valence-corrected chi connectivity index (χ4v) is 1.88. The molecule has 1 rings (SSSR count). The summed E-state index contributed by atoms with van der Waals surface area (Å²) in [5, 5.41) is 2.68. The van der Waals surface area contributed by atoms with Crippen LogP contribution in [-0.4, -0.2) is 28.1 Å². The van der Waals surface area contributed by atoms with Crippen LogP contribution in [0.1, 0.15) is 32.4 Å². The van der Waals surface area contributed by atoms with E-state index in [0.29, 0.717) is 0 Å². The Kier molecular flexibility index (Phi) is 8.06. The van der Waals surface area contributed by atoms with Gasteiger partial charge in [-0.15, -0.1) is 0 Å². The number of amides is 1.